The van der Waals surface area contributed by atoms with E-state index < -0.39 is 6.04 Å². The molecule has 6 nitrogen and oxygen atoms in total. The summed E-state index contributed by atoms with van der Waals surface area (Å²) in [7, 11) is 4.09. The number of hydrogen-bond acceptors (Lipinski definition) is 4. The number of amides is 2. The minimum atomic E-state index is -0.650. The van der Waals surface area contributed by atoms with Gasteiger partial charge in [0, 0.05) is 6.04 Å². The molecule has 0 rings (SSSR count). The van der Waals surface area contributed by atoms with Gasteiger partial charge in [-0.2, -0.15) is 0 Å². The maximum absolute atomic E-state index is 13.4. The lowest BCUT2D eigenvalue weighted by Gasteiger charge is -2.40. The third-order valence-electron chi connectivity index (χ3n) is 5.68. The first-order valence-electron chi connectivity index (χ1n) is 10.4. The van der Waals surface area contributed by atoms with Crippen LogP contribution in [0, 0.1) is 29.6 Å². The molecule has 0 heterocycles. The van der Waals surface area contributed by atoms with Crippen molar-refractivity contribution in [1.82, 2.24) is 15.6 Å². The number of nitrogens with zero attached hydrogens (tertiary/aromatic N) is 1. The third-order valence-corrected chi connectivity index (χ3v) is 5.68. The van der Waals surface area contributed by atoms with Gasteiger partial charge in [-0.1, -0.05) is 48.0 Å². The molecule has 0 aromatic carbocycles. The molecule has 0 spiro atoms. The van der Waals surface area contributed by atoms with Gasteiger partial charge in [-0.15, -0.1) is 0 Å². The lowest BCUT2D eigenvalue weighted by Crippen LogP contribution is -2.54. The van der Waals surface area contributed by atoms with Crippen LogP contribution in [0.25, 0.3) is 0 Å². The minimum absolute atomic E-state index is 0.0487. The zero-order valence-corrected chi connectivity index (χ0v) is 19.0. The molecule has 0 saturated heterocycles. The number of hydrogen-bond donors (Lipinski definition) is 3. The fourth-order valence-electron chi connectivity index (χ4n) is 3.78. The molecule has 5 atom stereocenters. The van der Waals surface area contributed by atoms with Gasteiger partial charge in [0.05, 0.1) is 5.92 Å². The predicted molar refractivity (Wildman–Crippen MR) is 113 cm³/mol. The SMILES string of the molecule is CCC(C)C[C@@H](C(C)C)C(C(=O)NC(C)C(=O)NN)C(CC(C)C)N(C)C. The molecule has 0 fully saturated rings. The molecular formula is C21H44N4O2. The smallest absolute Gasteiger partial charge is 0.256 e. The highest BCUT2D eigenvalue weighted by atomic mass is 16.2. The largest absolute Gasteiger partial charge is 0.344 e. The van der Waals surface area contributed by atoms with Crippen LogP contribution in [-0.4, -0.2) is 42.9 Å². The molecule has 6 heteroatoms. The molecule has 0 aliphatic carbocycles. The minimum Gasteiger partial charge on any atom is -0.344 e. The van der Waals surface area contributed by atoms with Crippen molar-refractivity contribution in [3.63, 3.8) is 0 Å². The second-order valence-corrected chi connectivity index (χ2v) is 9.08. The maximum Gasteiger partial charge on any atom is 0.256 e. The van der Waals surface area contributed by atoms with Crippen molar-refractivity contribution in [3.05, 3.63) is 0 Å². The average molecular weight is 385 g/mol. The molecule has 0 saturated carbocycles. The van der Waals surface area contributed by atoms with Gasteiger partial charge in [0.25, 0.3) is 5.91 Å². The maximum atomic E-state index is 13.4. The summed E-state index contributed by atoms with van der Waals surface area (Å²) >= 11 is 0. The normalized spacial score (nSPS) is 17.5. The number of carbonyl (C=O) groups is 2. The van der Waals surface area contributed by atoms with E-state index in [9.17, 15) is 9.59 Å². The molecule has 4 unspecified atom stereocenters. The molecule has 0 bridgehead atoms. The summed E-state index contributed by atoms with van der Waals surface area (Å²) in [6.45, 7) is 14.9. The van der Waals surface area contributed by atoms with Gasteiger partial charge in [-0.05, 0) is 57.5 Å². The van der Waals surface area contributed by atoms with E-state index >= 15 is 0 Å². The summed E-state index contributed by atoms with van der Waals surface area (Å²) in [5.74, 6) is 6.29. The van der Waals surface area contributed by atoms with Crippen LogP contribution < -0.4 is 16.6 Å². The molecule has 27 heavy (non-hydrogen) atoms. The van der Waals surface area contributed by atoms with Gasteiger partial charge in [0.15, 0.2) is 0 Å². The van der Waals surface area contributed by atoms with Gasteiger partial charge < -0.3 is 10.2 Å². The zero-order chi connectivity index (χ0) is 21.3. The van der Waals surface area contributed by atoms with Gasteiger partial charge in [-0.25, -0.2) is 5.84 Å². The van der Waals surface area contributed by atoms with E-state index in [-0.39, 0.29) is 29.7 Å². The van der Waals surface area contributed by atoms with E-state index in [1.165, 1.54) is 0 Å². The Morgan fingerprint density at radius 3 is 1.89 bits per heavy atom. The Labute approximate surface area is 167 Å². The molecule has 0 aromatic heterocycles. The Morgan fingerprint density at radius 2 is 1.52 bits per heavy atom. The van der Waals surface area contributed by atoms with Crippen LogP contribution in [-0.2, 0) is 9.59 Å². The first kappa shape index (κ1) is 25.9. The highest BCUT2D eigenvalue weighted by Gasteiger charge is 2.39. The molecule has 160 valence electrons. The van der Waals surface area contributed by atoms with Crippen molar-refractivity contribution >= 4 is 11.8 Å². The second-order valence-electron chi connectivity index (χ2n) is 9.08. The second kappa shape index (κ2) is 12.3. The van der Waals surface area contributed by atoms with Gasteiger partial charge >= 0.3 is 0 Å². The first-order valence-corrected chi connectivity index (χ1v) is 10.4. The molecular weight excluding hydrogens is 340 g/mol. The Morgan fingerprint density at radius 1 is 0.963 bits per heavy atom. The summed E-state index contributed by atoms with van der Waals surface area (Å²) in [6, 6.07) is -0.530. The fourth-order valence-corrected chi connectivity index (χ4v) is 3.78. The van der Waals surface area contributed by atoms with Crippen LogP contribution in [0.4, 0.5) is 0 Å². The van der Waals surface area contributed by atoms with Crippen molar-refractivity contribution < 1.29 is 9.59 Å². The Hall–Kier alpha value is -1.14. The summed E-state index contributed by atoms with van der Waals surface area (Å²) in [6.07, 6.45) is 3.04. The summed E-state index contributed by atoms with van der Waals surface area (Å²) in [5, 5.41) is 2.91. The lowest BCUT2D eigenvalue weighted by molar-refractivity contribution is -0.134. The summed E-state index contributed by atoms with van der Waals surface area (Å²) in [5.41, 5.74) is 2.12. The monoisotopic (exact) mass is 384 g/mol. The number of carbonyl (C=O) groups excluding carboxylic acids is 2. The first-order chi connectivity index (χ1) is 12.5. The number of nitrogens with one attached hydrogen (secondary N) is 2. The van der Waals surface area contributed by atoms with E-state index in [0.717, 1.165) is 19.3 Å². The summed E-state index contributed by atoms with van der Waals surface area (Å²) in [4.78, 5) is 27.3. The van der Waals surface area contributed by atoms with Crippen molar-refractivity contribution in [1.29, 1.82) is 0 Å². The van der Waals surface area contributed by atoms with E-state index in [1.54, 1.807) is 6.92 Å². The molecule has 0 aliphatic rings. The van der Waals surface area contributed by atoms with E-state index in [1.807, 2.05) is 14.1 Å². The van der Waals surface area contributed by atoms with Crippen LogP contribution >= 0.6 is 0 Å². The lowest BCUT2D eigenvalue weighted by atomic mass is 9.72. The Kier molecular flexibility index (Phi) is 11.8. The van der Waals surface area contributed by atoms with Crippen molar-refractivity contribution in [2.75, 3.05) is 14.1 Å². The van der Waals surface area contributed by atoms with Gasteiger partial charge in [-0.3, -0.25) is 15.0 Å². The molecule has 2 amide bonds. The average Bonchev–Trinajstić information content (AvgIpc) is 2.58. The molecule has 0 aromatic rings. The van der Waals surface area contributed by atoms with Crippen LogP contribution in [0.2, 0.25) is 0 Å². The van der Waals surface area contributed by atoms with Crippen molar-refractivity contribution in [2.24, 2.45) is 35.4 Å². The van der Waals surface area contributed by atoms with E-state index in [4.69, 9.17) is 5.84 Å². The van der Waals surface area contributed by atoms with Crippen LogP contribution in [0.5, 0.6) is 0 Å². The molecule has 4 N–H and O–H groups in total. The van der Waals surface area contributed by atoms with Gasteiger partial charge in [0.1, 0.15) is 6.04 Å². The summed E-state index contributed by atoms with van der Waals surface area (Å²) < 4.78 is 0. The predicted octanol–water partition coefficient (Wildman–Crippen LogP) is 2.78. The quantitative estimate of drug-likeness (QED) is 0.274. The van der Waals surface area contributed by atoms with E-state index in [0.29, 0.717) is 17.8 Å². The Bertz CT molecular complexity index is 451. The zero-order valence-electron chi connectivity index (χ0n) is 19.0. The van der Waals surface area contributed by atoms with Crippen molar-refractivity contribution in [3.8, 4) is 0 Å². The highest BCUT2D eigenvalue weighted by Crippen LogP contribution is 2.35. The van der Waals surface area contributed by atoms with E-state index in [2.05, 4.69) is 57.2 Å². The highest BCUT2D eigenvalue weighted by molar-refractivity contribution is 5.88. The molecule has 0 aliphatic heterocycles. The molecule has 0 radical (unpaired) electrons. The van der Waals surface area contributed by atoms with Crippen LogP contribution in [0.1, 0.15) is 67.7 Å². The number of rotatable bonds is 12. The topological polar surface area (TPSA) is 87.5 Å². The fraction of sp³-hybridized carbons (Fsp3) is 0.905. The number of nitrogens with two attached hydrogens (primary N) is 1. The van der Waals surface area contributed by atoms with Crippen LogP contribution in [0.15, 0.2) is 0 Å². The third kappa shape index (κ3) is 8.60. The number of hydrazine groups is 1. The standard InChI is InChI=1S/C21H44N4O2/c1-10-15(6)12-17(14(4)5)19(18(25(8)9)11-13(2)3)21(27)23-16(7)20(26)24-22/h13-19H,10-12,22H2,1-9H3,(H,23,27)(H,24,26)/t15?,16?,17-,18?,19?/m0/s1. The van der Waals surface area contributed by atoms with Crippen molar-refractivity contribution in [2.45, 2.75) is 79.8 Å². The van der Waals surface area contributed by atoms with Gasteiger partial charge in [0.2, 0.25) is 5.91 Å². The Balaban J connectivity index is 5.87. The van der Waals surface area contributed by atoms with Crippen LogP contribution in [0.3, 0.4) is 0 Å².